The van der Waals surface area contributed by atoms with Crippen molar-refractivity contribution in [2.75, 3.05) is 0 Å². The number of rotatable bonds is 7. The Balaban J connectivity index is 1.85. The summed E-state index contributed by atoms with van der Waals surface area (Å²) < 4.78 is 0. The van der Waals surface area contributed by atoms with E-state index in [1.807, 2.05) is 30.5 Å². The molecule has 0 aliphatic rings. The van der Waals surface area contributed by atoms with E-state index in [9.17, 15) is 4.79 Å². The van der Waals surface area contributed by atoms with Crippen LogP contribution in [0.4, 0.5) is 0 Å². The summed E-state index contributed by atoms with van der Waals surface area (Å²) in [5.74, 6) is -0.704. The van der Waals surface area contributed by atoms with Gasteiger partial charge in [-0.3, -0.25) is 5.10 Å². The van der Waals surface area contributed by atoms with Crippen molar-refractivity contribution < 1.29 is 9.90 Å². The Morgan fingerprint density at radius 3 is 2.56 bits per heavy atom. The standard InChI is InChI=1S/C27H25ClN2O2/c1-3-22(26-17(2)5-4-6-23(26)28)27(20-12-13-24-21(15-20)16-29-30-24)19-10-7-18(8-11-19)9-14-25(31)32/h4-16,22,27H,3H2,1-2H3,(H,29,30)(H,31,32)/b14-9+. The fourth-order valence-electron chi connectivity index (χ4n) is 4.51. The average Bonchev–Trinajstić information content (AvgIpc) is 3.25. The molecule has 0 spiro atoms. The fourth-order valence-corrected chi connectivity index (χ4v) is 4.88. The van der Waals surface area contributed by atoms with Gasteiger partial charge in [0.1, 0.15) is 0 Å². The molecular formula is C27H25ClN2O2. The second-order valence-corrected chi connectivity index (χ2v) is 8.42. The molecule has 0 aliphatic heterocycles. The molecule has 2 unspecified atom stereocenters. The first-order chi connectivity index (χ1) is 15.5. The highest BCUT2D eigenvalue weighted by Crippen LogP contribution is 2.44. The third-order valence-corrected chi connectivity index (χ3v) is 6.35. The Morgan fingerprint density at radius 2 is 1.88 bits per heavy atom. The number of nitrogens with zero attached hydrogens (tertiary/aromatic N) is 1. The van der Waals surface area contributed by atoms with E-state index in [4.69, 9.17) is 16.7 Å². The quantitative estimate of drug-likeness (QED) is 0.303. The molecule has 5 heteroatoms. The molecule has 0 saturated heterocycles. The average molecular weight is 445 g/mol. The fraction of sp³-hybridized carbons (Fsp3) is 0.185. The third-order valence-electron chi connectivity index (χ3n) is 6.02. The molecular weight excluding hydrogens is 420 g/mol. The van der Waals surface area contributed by atoms with Gasteiger partial charge in [0.2, 0.25) is 0 Å². The first-order valence-electron chi connectivity index (χ1n) is 10.7. The molecule has 0 aliphatic carbocycles. The number of fused-ring (bicyclic) bond motifs is 1. The summed E-state index contributed by atoms with van der Waals surface area (Å²) in [5, 5.41) is 18.0. The van der Waals surface area contributed by atoms with Gasteiger partial charge in [-0.15, -0.1) is 0 Å². The molecule has 2 atom stereocenters. The van der Waals surface area contributed by atoms with Crippen LogP contribution in [0.3, 0.4) is 0 Å². The van der Waals surface area contributed by atoms with Gasteiger partial charge in [-0.05, 0) is 71.4 Å². The monoisotopic (exact) mass is 444 g/mol. The van der Waals surface area contributed by atoms with Crippen LogP contribution in [0.25, 0.3) is 17.0 Å². The minimum Gasteiger partial charge on any atom is -0.478 e. The number of aryl methyl sites for hydroxylation is 1. The molecule has 4 nitrogen and oxygen atoms in total. The topological polar surface area (TPSA) is 66.0 Å². The third kappa shape index (κ3) is 4.46. The maximum Gasteiger partial charge on any atom is 0.328 e. The SMILES string of the molecule is CCC(c1c(C)cccc1Cl)C(c1ccc(/C=C/C(=O)O)cc1)c1ccc2[nH]ncc2c1. The van der Waals surface area contributed by atoms with Crippen LogP contribution in [0.5, 0.6) is 0 Å². The van der Waals surface area contributed by atoms with Gasteiger partial charge in [0.25, 0.3) is 0 Å². The Morgan fingerprint density at radius 1 is 1.12 bits per heavy atom. The van der Waals surface area contributed by atoms with Crippen LogP contribution >= 0.6 is 11.6 Å². The molecule has 0 fully saturated rings. The Labute approximate surface area is 192 Å². The second-order valence-electron chi connectivity index (χ2n) is 8.02. The number of hydrogen-bond acceptors (Lipinski definition) is 2. The predicted octanol–water partition coefficient (Wildman–Crippen LogP) is 6.95. The maximum absolute atomic E-state index is 10.9. The summed E-state index contributed by atoms with van der Waals surface area (Å²) in [6.07, 6.45) is 5.52. The van der Waals surface area contributed by atoms with E-state index < -0.39 is 5.97 Å². The number of carboxylic acids is 1. The minimum atomic E-state index is -0.958. The number of nitrogens with one attached hydrogen (secondary N) is 1. The molecule has 3 aromatic carbocycles. The van der Waals surface area contributed by atoms with Gasteiger partial charge in [0.15, 0.2) is 0 Å². The van der Waals surface area contributed by atoms with E-state index in [2.05, 4.69) is 60.4 Å². The number of aromatic nitrogens is 2. The number of hydrogen-bond donors (Lipinski definition) is 2. The van der Waals surface area contributed by atoms with Crippen LogP contribution in [0.2, 0.25) is 5.02 Å². The predicted molar refractivity (Wildman–Crippen MR) is 130 cm³/mol. The highest BCUT2D eigenvalue weighted by atomic mass is 35.5. The summed E-state index contributed by atoms with van der Waals surface area (Å²) in [4.78, 5) is 10.9. The lowest BCUT2D eigenvalue weighted by molar-refractivity contribution is -0.131. The second kappa shape index (κ2) is 9.41. The minimum absolute atomic E-state index is 0.0791. The van der Waals surface area contributed by atoms with Crippen molar-refractivity contribution in [3.8, 4) is 0 Å². The Kier molecular flexibility index (Phi) is 6.42. The van der Waals surface area contributed by atoms with Crippen molar-refractivity contribution in [1.29, 1.82) is 0 Å². The summed E-state index contributed by atoms with van der Waals surface area (Å²) in [6, 6.07) is 20.6. The van der Waals surface area contributed by atoms with Crippen molar-refractivity contribution in [2.24, 2.45) is 0 Å². The van der Waals surface area contributed by atoms with Gasteiger partial charge in [-0.25, -0.2) is 4.79 Å². The highest BCUT2D eigenvalue weighted by molar-refractivity contribution is 6.31. The summed E-state index contributed by atoms with van der Waals surface area (Å²) >= 11 is 6.72. The van der Waals surface area contributed by atoms with E-state index in [0.717, 1.165) is 39.5 Å². The number of aliphatic carboxylic acids is 1. The first-order valence-corrected chi connectivity index (χ1v) is 11.0. The lowest BCUT2D eigenvalue weighted by atomic mass is 9.74. The van der Waals surface area contributed by atoms with E-state index in [-0.39, 0.29) is 11.8 Å². The molecule has 1 aromatic heterocycles. The van der Waals surface area contributed by atoms with Gasteiger partial charge in [-0.1, -0.05) is 61.0 Å². The summed E-state index contributed by atoms with van der Waals surface area (Å²) in [5.41, 5.74) is 6.56. The zero-order valence-electron chi connectivity index (χ0n) is 18.0. The molecule has 0 amide bonds. The summed E-state index contributed by atoms with van der Waals surface area (Å²) in [7, 11) is 0. The number of carbonyl (C=O) groups is 1. The van der Waals surface area contributed by atoms with Gasteiger partial charge < -0.3 is 5.11 Å². The molecule has 0 saturated carbocycles. The van der Waals surface area contributed by atoms with Crippen LogP contribution in [-0.2, 0) is 4.79 Å². The van der Waals surface area contributed by atoms with Crippen molar-refractivity contribution in [3.05, 3.63) is 106 Å². The van der Waals surface area contributed by atoms with E-state index in [1.54, 1.807) is 6.08 Å². The van der Waals surface area contributed by atoms with Crippen molar-refractivity contribution in [2.45, 2.75) is 32.1 Å². The van der Waals surface area contributed by atoms with Crippen molar-refractivity contribution >= 4 is 34.5 Å². The molecule has 2 N–H and O–H groups in total. The lowest BCUT2D eigenvalue weighted by Crippen LogP contribution is -2.14. The molecule has 32 heavy (non-hydrogen) atoms. The van der Waals surface area contributed by atoms with E-state index >= 15 is 0 Å². The number of carboxylic acid groups (broad SMARTS) is 1. The number of benzene rings is 3. The number of halogens is 1. The maximum atomic E-state index is 10.9. The molecule has 162 valence electrons. The number of aromatic amines is 1. The Bertz CT molecular complexity index is 1250. The normalized spacial score (nSPS) is 13.5. The van der Waals surface area contributed by atoms with Crippen molar-refractivity contribution in [3.63, 3.8) is 0 Å². The molecule has 1 heterocycles. The van der Waals surface area contributed by atoms with Crippen molar-refractivity contribution in [1.82, 2.24) is 10.2 Å². The number of H-pyrrole nitrogens is 1. The smallest absolute Gasteiger partial charge is 0.328 e. The zero-order chi connectivity index (χ0) is 22.7. The van der Waals surface area contributed by atoms with Gasteiger partial charge in [0.05, 0.1) is 11.7 Å². The molecule has 4 aromatic rings. The lowest BCUT2D eigenvalue weighted by Gasteiger charge is -2.30. The molecule has 0 bridgehead atoms. The largest absolute Gasteiger partial charge is 0.478 e. The van der Waals surface area contributed by atoms with Crippen LogP contribution in [0.1, 0.15) is 53.0 Å². The van der Waals surface area contributed by atoms with E-state index in [0.29, 0.717) is 0 Å². The van der Waals surface area contributed by atoms with Crippen LogP contribution < -0.4 is 0 Å². The summed E-state index contributed by atoms with van der Waals surface area (Å²) in [6.45, 7) is 4.31. The van der Waals surface area contributed by atoms with Crippen LogP contribution in [0.15, 0.2) is 72.9 Å². The van der Waals surface area contributed by atoms with Gasteiger partial charge >= 0.3 is 5.97 Å². The highest BCUT2D eigenvalue weighted by Gasteiger charge is 2.28. The van der Waals surface area contributed by atoms with Gasteiger partial charge in [-0.2, -0.15) is 5.10 Å². The Hall–Kier alpha value is -3.37. The van der Waals surface area contributed by atoms with Crippen LogP contribution in [-0.4, -0.2) is 21.3 Å². The molecule has 0 radical (unpaired) electrons. The van der Waals surface area contributed by atoms with Gasteiger partial charge in [0, 0.05) is 22.4 Å². The first kappa shape index (κ1) is 21.8. The zero-order valence-corrected chi connectivity index (χ0v) is 18.8. The van der Waals surface area contributed by atoms with Crippen LogP contribution in [0, 0.1) is 6.92 Å². The molecule has 4 rings (SSSR count). The van der Waals surface area contributed by atoms with E-state index in [1.165, 1.54) is 16.7 Å².